The minimum Gasteiger partial charge on any atom is -0.467 e. The zero-order chi connectivity index (χ0) is 10.6. The molecule has 0 aliphatic heterocycles. The van der Waals surface area contributed by atoms with Gasteiger partial charge in [-0.1, -0.05) is 30.3 Å². The molecule has 1 aromatic carbocycles. The maximum Gasteiger partial charge on any atom is 0.331 e. The van der Waals surface area contributed by atoms with Gasteiger partial charge in [-0.3, -0.25) is 5.84 Å². The highest BCUT2D eigenvalue weighted by Crippen LogP contribution is 2.20. The van der Waals surface area contributed by atoms with Crippen molar-refractivity contribution in [2.45, 2.75) is 12.5 Å². The summed E-state index contributed by atoms with van der Waals surface area (Å²) in [5.41, 5.74) is 2.25. The van der Waals surface area contributed by atoms with Crippen molar-refractivity contribution >= 4 is 5.97 Å². The van der Waals surface area contributed by atoms with Gasteiger partial charge in [-0.05, 0) is 12.5 Å². The normalized spacial score (nSPS) is 14.5. The number of esters is 1. The molecule has 0 aromatic heterocycles. The van der Waals surface area contributed by atoms with Crippen LogP contribution in [0.5, 0.6) is 0 Å². The number of carbonyl (C=O) groups excluding carboxylic acids is 1. The number of nitrogens with two attached hydrogens (primary N) is 1. The Morgan fingerprint density at radius 1 is 1.43 bits per heavy atom. The van der Waals surface area contributed by atoms with Crippen molar-refractivity contribution in [3.8, 4) is 0 Å². The summed E-state index contributed by atoms with van der Waals surface area (Å²) in [5, 5.41) is 0. The Hall–Kier alpha value is -1.39. The lowest BCUT2D eigenvalue weighted by Gasteiger charge is -2.25. The summed E-state index contributed by atoms with van der Waals surface area (Å²) >= 11 is 0. The van der Waals surface area contributed by atoms with E-state index in [2.05, 4.69) is 10.2 Å². The fourth-order valence-corrected chi connectivity index (χ4v) is 1.24. The van der Waals surface area contributed by atoms with E-state index in [-0.39, 0.29) is 0 Å². The second kappa shape index (κ2) is 4.21. The molecule has 0 saturated carbocycles. The van der Waals surface area contributed by atoms with E-state index in [1.807, 2.05) is 30.3 Å². The molecule has 0 heterocycles. The van der Waals surface area contributed by atoms with Crippen LogP contribution in [0.15, 0.2) is 30.3 Å². The molecular weight excluding hydrogens is 180 g/mol. The number of hydrazine groups is 1. The van der Waals surface area contributed by atoms with Gasteiger partial charge in [0.25, 0.3) is 0 Å². The third kappa shape index (κ3) is 1.76. The summed E-state index contributed by atoms with van der Waals surface area (Å²) in [6.07, 6.45) is 0. The van der Waals surface area contributed by atoms with E-state index in [1.54, 1.807) is 6.92 Å². The Labute approximate surface area is 83.0 Å². The largest absolute Gasteiger partial charge is 0.467 e. The van der Waals surface area contributed by atoms with E-state index in [1.165, 1.54) is 7.11 Å². The van der Waals surface area contributed by atoms with Gasteiger partial charge >= 0.3 is 5.97 Å². The summed E-state index contributed by atoms with van der Waals surface area (Å²) < 4.78 is 4.68. The molecule has 4 nitrogen and oxygen atoms in total. The van der Waals surface area contributed by atoms with Crippen molar-refractivity contribution in [2.75, 3.05) is 7.11 Å². The molecule has 4 heteroatoms. The number of hydrogen-bond donors (Lipinski definition) is 2. The van der Waals surface area contributed by atoms with Crippen LogP contribution in [-0.4, -0.2) is 13.1 Å². The minimum atomic E-state index is -0.990. The molecule has 0 fully saturated rings. The van der Waals surface area contributed by atoms with Crippen molar-refractivity contribution < 1.29 is 9.53 Å². The van der Waals surface area contributed by atoms with E-state index in [0.29, 0.717) is 0 Å². The first kappa shape index (κ1) is 10.7. The van der Waals surface area contributed by atoms with Crippen LogP contribution >= 0.6 is 0 Å². The number of rotatable bonds is 3. The third-order valence-corrected chi connectivity index (χ3v) is 2.23. The summed E-state index contributed by atoms with van der Waals surface area (Å²) in [6.45, 7) is 1.67. The van der Waals surface area contributed by atoms with E-state index < -0.39 is 11.5 Å². The van der Waals surface area contributed by atoms with Gasteiger partial charge in [-0.25, -0.2) is 10.2 Å². The minimum absolute atomic E-state index is 0.411. The van der Waals surface area contributed by atoms with Crippen LogP contribution in [0.1, 0.15) is 12.5 Å². The first-order chi connectivity index (χ1) is 6.65. The Bertz CT molecular complexity index is 313. The molecule has 0 aliphatic carbocycles. The summed E-state index contributed by atoms with van der Waals surface area (Å²) in [6, 6.07) is 9.19. The van der Waals surface area contributed by atoms with Crippen molar-refractivity contribution in [3.05, 3.63) is 35.9 Å². The molecule has 0 amide bonds. The number of hydrogen-bond acceptors (Lipinski definition) is 4. The monoisotopic (exact) mass is 194 g/mol. The van der Waals surface area contributed by atoms with Gasteiger partial charge in [0, 0.05) is 0 Å². The maximum absolute atomic E-state index is 11.5. The van der Waals surface area contributed by atoms with Crippen LogP contribution in [0.25, 0.3) is 0 Å². The fraction of sp³-hybridized carbons (Fsp3) is 0.300. The van der Waals surface area contributed by atoms with Crippen LogP contribution in [0.4, 0.5) is 0 Å². The molecule has 3 N–H and O–H groups in total. The Morgan fingerprint density at radius 3 is 2.43 bits per heavy atom. The molecule has 0 unspecified atom stereocenters. The SMILES string of the molecule is COC(=O)[C@](C)(NN)c1ccccc1. The van der Waals surface area contributed by atoms with E-state index >= 15 is 0 Å². The molecule has 1 aromatic rings. The first-order valence-electron chi connectivity index (χ1n) is 4.27. The lowest BCUT2D eigenvalue weighted by Crippen LogP contribution is -2.50. The topological polar surface area (TPSA) is 64.3 Å². The lowest BCUT2D eigenvalue weighted by molar-refractivity contribution is -0.148. The molecule has 1 atom stereocenters. The van der Waals surface area contributed by atoms with Gasteiger partial charge in [0.05, 0.1) is 7.11 Å². The maximum atomic E-state index is 11.5. The second-order valence-electron chi connectivity index (χ2n) is 3.13. The Balaban J connectivity index is 3.08. The van der Waals surface area contributed by atoms with Gasteiger partial charge in [-0.2, -0.15) is 0 Å². The molecule has 14 heavy (non-hydrogen) atoms. The highest BCUT2D eigenvalue weighted by Gasteiger charge is 2.34. The Kier molecular flexibility index (Phi) is 3.22. The van der Waals surface area contributed by atoms with Crippen LogP contribution < -0.4 is 11.3 Å². The average Bonchev–Trinajstić information content (AvgIpc) is 2.28. The van der Waals surface area contributed by atoms with E-state index in [4.69, 9.17) is 5.84 Å². The third-order valence-electron chi connectivity index (χ3n) is 2.23. The van der Waals surface area contributed by atoms with Gasteiger partial charge in [0.15, 0.2) is 5.54 Å². The van der Waals surface area contributed by atoms with E-state index in [9.17, 15) is 4.79 Å². The van der Waals surface area contributed by atoms with Crippen molar-refractivity contribution in [1.82, 2.24) is 5.43 Å². The van der Waals surface area contributed by atoms with Crippen molar-refractivity contribution in [2.24, 2.45) is 5.84 Å². The summed E-state index contributed by atoms with van der Waals surface area (Å²) in [7, 11) is 1.33. The molecular formula is C10H14N2O2. The number of carbonyl (C=O) groups is 1. The Morgan fingerprint density at radius 2 is 2.00 bits per heavy atom. The van der Waals surface area contributed by atoms with E-state index in [0.717, 1.165) is 5.56 Å². The molecule has 0 saturated heterocycles. The van der Waals surface area contributed by atoms with Crippen LogP contribution in [0, 0.1) is 0 Å². The van der Waals surface area contributed by atoms with Crippen LogP contribution in [0.3, 0.4) is 0 Å². The lowest BCUT2D eigenvalue weighted by atomic mass is 9.93. The van der Waals surface area contributed by atoms with Crippen molar-refractivity contribution in [3.63, 3.8) is 0 Å². The van der Waals surface area contributed by atoms with Crippen molar-refractivity contribution in [1.29, 1.82) is 0 Å². The molecule has 1 rings (SSSR count). The predicted octanol–water partition coefficient (Wildman–Crippen LogP) is 0.538. The zero-order valence-corrected chi connectivity index (χ0v) is 8.28. The zero-order valence-electron chi connectivity index (χ0n) is 8.28. The van der Waals surface area contributed by atoms with Crippen LogP contribution in [0.2, 0.25) is 0 Å². The second-order valence-corrected chi connectivity index (χ2v) is 3.13. The first-order valence-corrected chi connectivity index (χ1v) is 4.27. The number of ether oxygens (including phenoxy) is 1. The van der Waals surface area contributed by atoms with Gasteiger partial charge in [0.2, 0.25) is 0 Å². The smallest absolute Gasteiger partial charge is 0.331 e. The highest BCUT2D eigenvalue weighted by molar-refractivity contribution is 5.81. The van der Waals surface area contributed by atoms with Gasteiger partial charge in [-0.15, -0.1) is 0 Å². The van der Waals surface area contributed by atoms with Gasteiger partial charge in [0.1, 0.15) is 0 Å². The highest BCUT2D eigenvalue weighted by atomic mass is 16.5. The molecule has 0 bridgehead atoms. The standard InChI is InChI=1S/C10H14N2O2/c1-10(12-11,9(13)14-2)8-6-4-3-5-7-8/h3-7,12H,11H2,1-2H3/t10-/m1/s1. The predicted molar refractivity (Wildman–Crippen MR) is 53.1 cm³/mol. The number of nitrogens with one attached hydrogen (secondary N) is 1. The molecule has 76 valence electrons. The number of benzene rings is 1. The average molecular weight is 194 g/mol. The molecule has 0 aliphatic rings. The van der Waals surface area contributed by atoms with Gasteiger partial charge < -0.3 is 4.74 Å². The summed E-state index contributed by atoms with van der Waals surface area (Å²) in [5.74, 6) is 4.95. The van der Waals surface area contributed by atoms with Crippen LogP contribution in [-0.2, 0) is 15.1 Å². The fourth-order valence-electron chi connectivity index (χ4n) is 1.24. The quantitative estimate of drug-likeness (QED) is 0.419. The molecule has 0 radical (unpaired) electrons. The number of methoxy groups -OCH3 is 1. The molecule has 0 spiro atoms. The summed E-state index contributed by atoms with van der Waals surface area (Å²) in [4.78, 5) is 11.5.